The minimum atomic E-state index is -0.911. The summed E-state index contributed by atoms with van der Waals surface area (Å²) in [6.07, 6.45) is 16.7. The molecule has 0 spiro atoms. The van der Waals surface area contributed by atoms with Gasteiger partial charge in [0.2, 0.25) is 5.70 Å². The maximum atomic E-state index is 13.5. The van der Waals surface area contributed by atoms with Crippen molar-refractivity contribution in [3.05, 3.63) is 96.0 Å². The molecular weight excluding hydrogens is 312 g/mol. The van der Waals surface area contributed by atoms with Gasteiger partial charge in [-0.05, 0) is 35.1 Å². The maximum absolute atomic E-state index is 13.5. The molecule has 0 aromatic heterocycles. The smallest absolute Gasteiger partial charge is 0.367 e. The number of hydrogen-bond donors (Lipinski definition) is 1. The van der Waals surface area contributed by atoms with Crippen LogP contribution in [0, 0.1) is 0 Å². The van der Waals surface area contributed by atoms with Crippen molar-refractivity contribution in [1.82, 2.24) is 5.32 Å². The molecule has 1 aromatic rings. The first-order chi connectivity index (χ1) is 12.2. The normalized spacial score (nSPS) is 21.5. The van der Waals surface area contributed by atoms with Crippen molar-refractivity contribution in [2.24, 2.45) is 0 Å². The van der Waals surface area contributed by atoms with Crippen LogP contribution in [0.2, 0.25) is 0 Å². The zero-order valence-electron chi connectivity index (χ0n) is 14.0. The van der Waals surface area contributed by atoms with Crippen LogP contribution < -0.4 is 5.32 Å². The lowest BCUT2D eigenvalue weighted by Gasteiger charge is -2.30. The van der Waals surface area contributed by atoms with E-state index in [0.717, 1.165) is 15.7 Å². The van der Waals surface area contributed by atoms with Gasteiger partial charge >= 0.3 is 12.0 Å². The molecule has 1 atom stereocenters. The number of allylic oxidation sites excluding steroid dienone is 6. The van der Waals surface area contributed by atoms with Gasteiger partial charge in [-0.25, -0.2) is 4.79 Å². The van der Waals surface area contributed by atoms with Crippen LogP contribution in [0.3, 0.4) is 0 Å². The molecule has 1 aliphatic heterocycles. The van der Waals surface area contributed by atoms with Crippen LogP contribution in [0.25, 0.3) is 0 Å². The van der Waals surface area contributed by atoms with Crippen LogP contribution in [0.5, 0.6) is 0 Å². The summed E-state index contributed by atoms with van der Waals surface area (Å²) in [5.41, 5.74) is 1.33. The molecule has 4 heteroatoms. The highest BCUT2D eigenvalue weighted by Gasteiger charge is 2.50. The standard InChI is InChI=1S/C21H19N2O2/c1-17-8-5-6-13-21(17,18-9-3-2-4-10-18)20(25)23(16-24)19-11-7-14-22-15-12-19/h2-12,14-15,22H,13H2,1H3/q+1. The van der Waals surface area contributed by atoms with E-state index >= 15 is 0 Å². The van der Waals surface area contributed by atoms with E-state index in [1.807, 2.05) is 61.6 Å². The molecular formula is C21H19N2O2+. The van der Waals surface area contributed by atoms with Crippen molar-refractivity contribution in [3.8, 4) is 0 Å². The van der Waals surface area contributed by atoms with Crippen LogP contribution in [0.1, 0.15) is 18.9 Å². The zero-order chi connectivity index (χ0) is 17.7. The third-order valence-electron chi connectivity index (χ3n) is 4.57. The molecule has 4 nitrogen and oxygen atoms in total. The molecule has 1 amide bonds. The summed E-state index contributed by atoms with van der Waals surface area (Å²) in [6.45, 7) is 1.93. The molecule has 1 aliphatic carbocycles. The van der Waals surface area contributed by atoms with Crippen molar-refractivity contribution >= 4 is 12.0 Å². The molecule has 0 radical (unpaired) electrons. The lowest BCUT2D eigenvalue weighted by molar-refractivity contribution is -0.398. The first kappa shape index (κ1) is 16.6. The van der Waals surface area contributed by atoms with E-state index in [-0.39, 0.29) is 5.91 Å². The number of rotatable bonds is 3. The predicted molar refractivity (Wildman–Crippen MR) is 96.1 cm³/mol. The fraction of sp³-hybridized carbons (Fsp3) is 0.143. The van der Waals surface area contributed by atoms with Crippen molar-refractivity contribution < 1.29 is 14.2 Å². The molecule has 25 heavy (non-hydrogen) atoms. The largest absolute Gasteiger partial charge is 0.439 e. The number of nitrogens with one attached hydrogen (secondary N) is 1. The van der Waals surface area contributed by atoms with E-state index < -0.39 is 5.41 Å². The summed E-state index contributed by atoms with van der Waals surface area (Å²) in [5, 5.41) is 2.92. The monoisotopic (exact) mass is 331 g/mol. The quantitative estimate of drug-likeness (QED) is 0.526. The fourth-order valence-corrected chi connectivity index (χ4v) is 3.21. The highest BCUT2D eigenvalue weighted by atomic mass is 16.2. The topological polar surface area (TPSA) is 49.2 Å². The van der Waals surface area contributed by atoms with Gasteiger partial charge in [-0.2, -0.15) is 4.79 Å². The highest BCUT2D eigenvalue weighted by Crippen LogP contribution is 2.40. The second kappa shape index (κ2) is 7.12. The second-order valence-electron chi connectivity index (χ2n) is 5.94. The average molecular weight is 331 g/mol. The molecule has 0 fully saturated rings. The number of amides is 1. The van der Waals surface area contributed by atoms with Crippen molar-refractivity contribution in [3.63, 3.8) is 0 Å². The van der Waals surface area contributed by atoms with Gasteiger partial charge in [0.05, 0.1) is 0 Å². The molecule has 1 unspecified atom stereocenters. The van der Waals surface area contributed by atoms with Gasteiger partial charge in [0.1, 0.15) is 5.41 Å². The van der Waals surface area contributed by atoms with Crippen LogP contribution in [-0.4, -0.2) is 16.6 Å². The first-order valence-electron chi connectivity index (χ1n) is 8.11. The predicted octanol–water partition coefficient (Wildman–Crippen LogP) is 3.22. The van der Waals surface area contributed by atoms with Crippen molar-refractivity contribution in [2.45, 2.75) is 18.8 Å². The van der Waals surface area contributed by atoms with Gasteiger partial charge in [-0.1, -0.05) is 48.6 Å². The van der Waals surface area contributed by atoms with Crippen molar-refractivity contribution in [1.29, 1.82) is 0 Å². The van der Waals surface area contributed by atoms with E-state index in [2.05, 4.69) is 5.32 Å². The number of carbonyl (C=O) groups is 1. The first-order valence-corrected chi connectivity index (χ1v) is 8.11. The summed E-state index contributed by atoms with van der Waals surface area (Å²) in [7, 11) is 0. The molecule has 3 rings (SSSR count). The van der Waals surface area contributed by atoms with Gasteiger partial charge in [0.15, 0.2) is 0 Å². The summed E-state index contributed by atoms with van der Waals surface area (Å²) in [4.78, 5) is 25.2. The van der Waals surface area contributed by atoms with Crippen molar-refractivity contribution in [2.75, 3.05) is 0 Å². The number of benzene rings is 1. The van der Waals surface area contributed by atoms with E-state index in [0.29, 0.717) is 12.1 Å². The third-order valence-corrected chi connectivity index (χ3v) is 4.57. The Bertz CT molecular complexity index is 882. The van der Waals surface area contributed by atoms with Crippen LogP contribution in [0.15, 0.2) is 90.5 Å². The highest BCUT2D eigenvalue weighted by molar-refractivity contribution is 5.88. The summed E-state index contributed by atoms with van der Waals surface area (Å²) >= 11 is 0. The summed E-state index contributed by atoms with van der Waals surface area (Å²) in [5.74, 6) is -0.307. The Morgan fingerprint density at radius 2 is 1.96 bits per heavy atom. The molecule has 0 saturated heterocycles. The Morgan fingerprint density at radius 3 is 2.68 bits per heavy atom. The molecule has 1 aromatic carbocycles. The second-order valence-corrected chi connectivity index (χ2v) is 5.94. The molecule has 0 bridgehead atoms. The molecule has 0 saturated carbocycles. The van der Waals surface area contributed by atoms with Gasteiger partial charge < -0.3 is 5.32 Å². The third kappa shape index (κ3) is 2.95. The van der Waals surface area contributed by atoms with E-state index in [9.17, 15) is 9.59 Å². The van der Waals surface area contributed by atoms with Gasteiger partial charge in [-0.15, -0.1) is 0 Å². The Labute approximate surface area is 146 Å². The zero-order valence-corrected chi connectivity index (χ0v) is 14.0. The molecule has 1 N–H and O–H groups in total. The maximum Gasteiger partial charge on any atom is 0.439 e. The van der Waals surface area contributed by atoms with E-state index in [1.54, 1.807) is 30.6 Å². The lowest BCUT2D eigenvalue weighted by Crippen LogP contribution is -2.43. The lowest BCUT2D eigenvalue weighted by atomic mass is 9.69. The number of nitrogens with zero attached hydrogens (tertiary/aromatic N) is 1. The van der Waals surface area contributed by atoms with Crippen LogP contribution in [-0.2, 0) is 15.0 Å². The van der Waals surface area contributed by atoms with Gasteiger partial charge in [0.25, 0.3) is 0 Å². The minimum absolute atomic E-state index is 0.307. The van der Waals surface area contributed by atoms with E-state index in [4.69, 9.17) is 0 Å². The van der Waals surface area contributed by atoms with Gasteiger partial charge in [0, 0.05) is 24.6 Å². The van der Waals surface area contributed by atoms with E-state index in [1.165, 1.54) is 0 Å². The number of carbonyl (C=O) groups excluding carboxylic acids is 2. The van der Waals surface area contributed by atoms with Crippen LogP contribution in [0.4, 0.5) is 0 Å². The minimum Gasteiger partial charge on any atom is -0.367 e. The number of isocyanates is 1. The Balaban J connectivity index is 2.14. The fourth-order valence-electron chi connectivity index (χ4n) is 3.21. The molecule has 124 valence electrons. The Kier molecular flexibility index (Phi) is 4.73. The molecule has 2 aliphatic rings. The Morgan fingerprint density at radius 1 is 1.16 bits per heavy atom. The Hall–Kier alpha value is -3.23. The molecule has 1 heterocycles. The summed E-state index contributed by atoms with van der Waals surface area (Å²) in [6, 6.07) is 9.58. The van der Waals surface area contributed by atoms with Gasteiger partial charge in [-0.3, -0.25) is 0 Å². The summed E-state index contributed by atoms with van der Waals surface area (Å²) < 4.78 is 1.07. The number of hydrogen-bond acceptors (Lipinski definition) is 3. The SMILES string of the molecule is CC1=CC=CCC1(C(=O)[N+](=C=O)C1=CC=CNC=C1)c1ccccc1. The van der Waals surface area contributed by atoms with Crippen LogP contribution >= 0.6 is 0 Å². The average Bonchev–Trinajstić information content (AvgIpc) is 2.93.